The first kappa shape index (κ1) is 30.0. The number of anilines is 1. The van der Waals surface area contributed by atoms with Crippen LogP contribution in [0.15, 0.2) is 81.0 Å². The van der Waals surface area contributed by atoms with Crippen molar-refractivity contribution in [2.75, 3.05) is 4.90 Å². The van der Waals surface area contributed by atoms with E-state index >= 15 is 0 Å². The van der Waals surface area contributed by atoms with Crippen LogP contribution in [0.3, 0.4) is 0 Å². The minimum Gasteiger partial charge on any atom is -0.489 e. The number of carbonyl (C=O) groups is 2. The Morgan fingerprint density at radius 3 is 2.43 bits per heavy atom. The zero-order valence-corrected chi connectivity index (χ0v) is 27.4. The van der Waals surface area contributed by atoms with Gasteiger partial charge < -0.3 is 9.72 Å². The predicted molar refractivity (Wildman–Crippen MR) is 172 cm³/mol. The second kappa shape index (κ2) is 10.8. The van der Waals surface area contributed by atoms with E-state index < -0.39 is 41.1 Å². The van der Waals surface area contributed by atoms with Gasteiger partial charge in [0.2, 0.25) is 11.8 Å². The molecule has 1 N–H and O–H groups in total. The molecular weight excluding hydrogens is 701 g/mol. The van der Waals surface area contributed by atoms with Crippen LogP contribution in [0, 0.1) is 36.5 Å². The fraction of sp³-hybridized carbons (Fsp3) is 0.324. The highest BCUT2D eigenvalue weighted by molar-refractivity contribution is 9.10. The molecule has 0 radical (unpaired) electrons. The van der Waals surface area contributed by atoms with Gasteiger partial charge in [0, 0.05) is 26.1 Å². The number of para-hydroxylation sites is 1. The first-order valence-corrected chi connectivity index (χ1v) is 17.4. The van der Waals surface area contributed by atoms with Crippen LogP contribution in [0.5, 0.6) is 5.75 Å². The summed E-state index contributed by atoms with van der Waals surface area (Å²) in [5.41, 5.74) is 1.60. The van der Waals surface area contributed by atoms with Gasteiger partial charge >= 0.3 is 11.0 Å². The van der Waals surface area contributed by atoms with E-state index in [0.717, 1.165) is 53.4 Å². The second-order valence-corrected chi connectivity index (χ2v) is 15.6. The SMILES string of the molecule is Cc1ccc(COc2ccc(Br)cc2[C@@H]2c3sc(=O)[nH]c3S[C@@H]3[C@@H]4C[C@@H]([C@@H]5C(=O)N(c6ccccc6C(F)(F)F)C(=O)[C@@H]45)[C@@H]23)cc1. The molecule has 4 aromatic rings. The number of benzene rings is 3. The number of aryl methyl sites for hydroxylation is 1. The van der Waals surface area contributed by atoms with E-state index in [1.165, 1.54) is 30.0 Å². The van der Waals surface area contributed by atoms with Crippen molar-refractivity contribution >= 4 is 56.5 Å². The lowest BCUT2D eigenvalue weighted by molar-refractivity contribution is -0.137. The monoisotopic (exact) mass is 726 g/mol. The van der Waals surface area contributed by atoms with E-state index in [9.17, 15) is 27.6 Å². The summed E-state index contributed by atoms with van der Waals surface area (Å²) >= 11 is 6.29. The van der Waals surface area contributed by atoms with Crippen LogP contribution in [0.1, 0.15) is 39.5 Å². The number of rotatable bonds is 5. The van der Waals surface area contributed by atoms with E-state index in [2.05, 4.69) is 20.9 Å². The zero-order valence-electron chi connectivity index (χ0n) is 24.2. The van der Waals surface area contributed by atoms with Gasteiger partial charge in [-0.05, 0) is 67.0 Å². The number of imide groups is 1. The minimum atomic E-state index is -4.72. The van der Waals surface area contributed by atoms with Crippen molar-refractivity contribution in [2.45, 2.75) is 42.3 Å². The molecule has 0 unspecified atom stereocenters. The number of thiazole rings is 1. The molecule has 2 aliphatic carbocycles. The number of halogens is 4. The van der Waals surface area contributed by atoms with Gasteiger partial charge in [-0.3, -0.25) is 14.4 Å². The summed E-state index contributed by atoms with van der Waals surface area (Å²) in [6.07, 6.45) is -4.11. The minimum absolute atomic E-state index is 0.118. The lowest BCUT2D eigenvalue weighted by Gasteiger charge is -2.43. The van der Waals surface area contributed by atoms with Gasteiger partial charge in [0.1, 0.15) is 12.4 Å². The first-order valence-electron chi connectivity index (χ1n) is 14.9. The maximum absolute atomic E-state index is 14.1. The Hall–Kier alpha value is -3.35. The topological polar surface area (TPSA) is 79.5 Å². The summed E-state index contributed by atoms with van der Waals surface area (Å²) in [7, 11) is 0. The number of carbonyl (C=O) groups excluding carboxylic acids is 2. The third-order valence-electron chi connectivity index (χ3n) is 10.00. The third-order valence-corrected chi connectivity index (χ3v) is 13.1. The number of H-pyrrole nitrogens is 1. The molecule has 2 bridgehead atoms. The third kappa shape index (κ3) is 4.62. The zero-order chi connectivity index (χ0) is 32.1. The summed E-state index contributed by atoms with van der Waals surface area (Å²) in [6.45, 7) is 2.35. The Morgan fingerprint density at radius 2 is 1.70 bits per heavy atom. The smallest absolute Gasteiger partial charge is 0.418 e. The Morgan fingerprint density at radius 1 is 0.978 bits per heavy atom. The van der Waals surface area contributed by atoms with Crippen LogP contribution in [-0.2, 0) is 22.4 Å². The number of alkyl halides is 3. The Kier molecular flexibility index (Phi) is 7.08. The molecule has 2 amide bonds. The fourth-order valence-corrected chi connectivity index (χ4v) is 11.5. The van der Waals surface area contributed by atoms with Crippen molar-refractivity contribution in [1.29, 1.82) is 0 Å². The van der Waals surface area contributed by atoms with E-state index in [4.69, 9.17) is 4.74 Å². The number of nitrogens with zero attached hydrogens (tertiary/aromatic N) is 1. The molecule has 236 valence electrons. The molecule has 2 saturated carbocycles. The van der Waals surface area contributed by atoms with Gasteiger partial charge in [0.05, 0.1) is 28.1 Å². The highest BCUT2D eigenvalue weighted by Crippen LogP contribution is 2.69. The largest absolute Gasteiger partial charge is 0.489 e. The van der Waals surface area contributed by atoms with E-state index in [1.807, 2.05) is 49.4 Å². The number of ether oxygens (including phenoxy) is 1. The molecule has 6 nitrogen and oxygen atoms in total. The summed E-state index contributed by atoms with van der Waals surface area (Å²) in [4.78, 5) is 45.2. The number of fused-ring (bicyclic) bond motifs is 9. The number of aromatic nitrogens is 1. The molecule has 4 aliphatic rings. The predicted octanol–water partition coefficient (Wildman–Crippen LogP) is 7.78. The van der Waals surface area contributed by atoms with Crippen LogP contribution in [0.25, 0.3) is 0 Å². The van der Waals surface area contributed by atoms with Gasteiger partial charge in [0.25, 0.3) is 0 Å². The molecule has 1 saturated heterocycles. The normalized spacial score (nSPS) is 27.9. The number of thioether (sulfide) groups is 1. The average molecular weight is 728 g/mol. The van der Waals surface area contributed by atoms with Crippen molar-refractivity contribution in [3.05, 3.63) is 108 Å². The van der Waals surface area contributed by atoms with Crippen LogP contribution >= 0.6 is 39.0 Å². The summed E-state index contributed by atoms with van der Waals surface area (Å²) in [6, 6.07) is 18.6. The Bertz CT molecular complexity index is 1960. The lowest BCUT2D eigenvalue weighted by Crippen LogP contribution is -2.42. The number of hydrogen-bond donors (Lipinski definition) is 1. The number of hydrogen-bond acceptors (Lipinski definition) is 6. The summed E-state index contributed by atoms with van der Waals surface area (Å²) in [5.74, 6) is -2.86. The van der Waals surface area contributed by atoms with Gasteiger partial charge in [-0.25, -0.2) is 4.90 Å². The molecule has 8 rings (SSSR count). The molecular formula is C34H26BrF3N2O4S2. The second-order valence-electron chi connectivity index (χ2n) is 12.4. The lowest BCUT2D eigenvalue weighted by atomic mass is 9.68. The standard InChI is InChI=1S/C34H26BrF3N2O4S2/c1-15-6-8-16(9-7-15)14-44-23-11-10-17(35)12-18(23)24-25-19-13-20(28(25)45-30-29(24)46-33(43)39-30)27-26(19)31(41)40(32(27)42)22-5-3-2-4-21(22)34(36,37)38/h2-12,19-20,24-28H,13-14H2,1H3,(H,39,43)/t19-,20-,24+,25+,26+,27+,28-/m1/s1. The van der Waals surface area contributed by atoms with Gasteiger partial charge in [0.15, 0.2) is 0 Å². The van der Waals surface area contributed by atoms with Gasteiger partial charge in [-0.1, -0.05) is 69.2 Å². The van der Waals surface area contributed by atoms with Crippen molar-refractivity contribution in [1.82, 2.24) is 4.98 Å². The molecule has 1 aromatic heterocycles. The molecule has 7 atom stereocenters. The molecule has 46 heavy (non-hydrogen) atoms. The maximum Gasteiger partial charge on any atom is 0.418 e. The molecule has 3 fully saturated rings. The molecule has 0 spiro atoms. The highest BCUT2D eigenvalue weighted by Gasteiger charge is 2.70. The van der Waals surface area contributed by atoms with Crippen LogP contribution in [0.2, 0.25) is 0 Å². The number of nitrogens with one attached hydrogen (secondary N) is 1. The summed E-state index contributed by atoms with van der Waals surface area (Å²) in [5, 5.41) is 0.623. The molecule has 2 aliphatic heterocycles. The number of amides is 2. The molecule has 3 aromatic carbocycles. The molecule has 12 heteroatoms. The van der Waals surface area contributed by atoms with Crippen molar-refractivity contribution < 1.29 is 27.5 Å². The Balaban J connectivity index is 1.20. The van der Waals surface area contributed by atoms with Crippen molar-refractivity contribution in [3.63, 3.8) is 0 Å². The van der Waals surface area contributed by atoms with E-state index in [-0.39, 0.29) is 33.8 Å². The van der Waals surface area contributed by atoms with Gasteiger partial charge in [-0.15, -0.1) is 11.8 Å². The van der Waals surface area contributed by atoms with Crippen molar-refractivity contribution in [3.8, 4) is 5.75 Å². The Labute approximate surface area is 278 Å². The van der Waals surface area contributed by atoms with Gasteiger partial charge in [-0.2, -0.15) is 13.2 Å². The van der Waals surface area contributed by atoms with Crippen LogP contribution in [-0.4, -0.2) is 22.0 Å². The van der Waals surface area contributed by atoms with E-state index in [1.54, 1.807) is 0 Å². The average Bonchev–Trinajstić information content (AvgIpc) is 3.75. The summed E-state index contributed by atoms with van der Waals surface area (Å²) < 4.78 is 49.3. The first-order chi connectivity index (χ1) is 22.0. The highest BCUT2D eigenvalue weighted by atomic mass is 79.9. The fourth-order valence-electron chi connectivity index (χ4n) is 8.25. The number of aromatic amines is 1. The van der Waals surface area contributed by atoms with Crippen LogP contribution in [0.4, 0.5) is 18.9 Å². The quantitative estimate of drug-likeness (QED) is 0.213. The van der Waals surface area contributed by atoms with E-state index in [0.29, 0.717) is 18.8 Å². The maximum atomic E-state index is 14.1. The van der Waals surface area contributed by atoms with Crippen molar-refractivity contribution in [2.24, 2.45) is 29.6 Å². The molecule has 3 heterocycles. The van der Waals surface area contributed by atoms with Crippen LogP contribution < -0.4 is 14.5 Å².